The van der Waals surface area contributed by atoms with Gasteiger partial charge >= 0.3 is 0 Å². The van der Waals surface area contributed by atoms with Crippen LogP contribution < -0.4 is 0 Å². The van der Waals surface area contributed by atoms with E-state index in [0.717, 1.165) is 57.0 Å². The zero-order chi connectivity index (χ0) is 18.5. The lowest BCUT2D eigenvalue weighted by Gasteiger charge is -2.33. The number of nitrogens with zero attached hydrogens (tertiary/aromatic N) is 5. The van der Waals surface area contributed by atoms with Gasteiger partial charge in [0.05, 0.1) is 17.7 Å². The summed E-state index contributed by atoms with van der Waals surface area (Å²) >= 11 is 1.62. The first-order valence-electron chi connectivity index (χ1n) is 10.2. The van der Waals surface area contributed by atoms with Gasteiger partial charge in [-0.3, -0.25) is 4.79 Å². The third-order valence-electron chi connectivity index (χ3n) is 5.77. The van der Waals surface area contributed by atoms with Crippen LogP contribution >= 0.6 is 11.3 Å². The van der Waals surface area contributed by atoms with E-state index in [0.29, 0.717) is 18.2 Å². The standard InChI is InChI=1S/C20H29N5OS/c26-19(6-4-10-23-8-1-2-9-23)24-11-3-5-17(13-24)20-21-7-12-25(20)14-18-15-27-16-22-18/h7,12,15-17H,1-6,8-11,13-14H2. The number of carbonyl (C=O) groups is 1. The van der Waals surface area contributed by atoms with Gasteiger partial charge in [0.1, 0.15) is 5.82 Å². The quantitative estimate of drug-likeness (QED) is 0.733. The molecular formula is C20H29N5OS. The Morgan fingerprint density at radius 3 is 2.89 bits per heavy atom. The molecule has 0 spiro atoms. The van der Waals surface area contributed by atoms with Crippen LogP contribution in [0.15, 0.2) is 23.3 Å². The van der Waals surface area contributed by atoms with E-state index in [1.165, 1.54) is 25.9 Å². The fourth-order valence-corrected chi connectivity index (χ4v) is 4.89. The van der Waals surface area contributed by atoms with Crippen LogP contribution in [0.1, 0.15) is 56.0 Å². The minimum Gasteiger partial charge on any atom is -0.342 e. The molecule has 2 saturated heterocycles. The van der Waals surface area contributed by atoms with Gasteiger partial charge < -0.3 is 14.4 Å². The van der Waals surface area contributed by atoms with Gasteiger partial charge in [-0.25, -0.2) is 9.97 Å². The maximum absolute atomic E-state index is 12.7. The minimum absolute atomic E-state index is 0.316. The molecule has 7 heteroatoms. The van der Waals surface area contributed by atoms with Crippen molar-refractivity contribution in [1.82, 2.24) is 24.3 Å². The van der Waals surface area contributed by atoms with Crippen LogP contribution in [-0.4, -0.2) is 63.0 Å². The van der Waals surface area contributed by atoms with Crippen LogP contribution in [0, 0.1) is 0 Å². The van der Waals surface area contributed by atoms with E-state index in [1.807, 2.05) is 17.9 Å². The molecule has 1 atom stereocenters. The first-order valence-corrected chi connectivity index (χ1v) is 11.1. The van der Waals surface area contributed by atoms with Crippen LogP contribution in [0.25, 0.3) is 0 Å². The van der Waals surface area contributed by atoms with Crippen LogP contribution in [0.3, 0.4) is 0 Å². The molecule has 0 saturated carbocycles. The molecule has 4 rings (SSSR count). The molecule has 2 fully saturated rings. The molecule has 0 bridgehead atoms. The predicted molar refractivity (Wildman–Crippen MR) is 107 cm³/mol. The number of aromatic nitrogens is 3. The molecule has 1 amide bonds. The molecule has 0 aliphatic carbocycles. The lowest BCUT2D eigenvalue weighted by atomic mass is 9.96. The lowest BCUT2D eigenvalue weighted by molar-refractivity contribution is -0.132. The molecule has 0 N–H and O–H groups in total. The van der Waals surface area contributed by atoms with Crippen LogP contribution in [0.2, 0.25) is 0 Å². The molecule has 2 aromatic rings. The zero-order valence-corrected chi connectivity index (χ0v) is 16.7. The second-order valence-corrected chi connectivity index (χ2v) is 8.44. The highest BCUT2D eigenvalue weighted by molar-refractivity contribution is 7.07. The summed E-state index contributed by atoms with van der Waals surface area (Å²) in [4.78, 5) is 26.3. The Morgan fingerprint density at radius 1 is 1.19 bits per heavy atom. The van der Waals surface area contributed by atoms with Gasteiger partial charge in [-0.05, 0) is 51.7 Å². The Bertz CT molecular complexity index is 723. The fourth-order valence-electron chi connectivity index (χ4n) is 4.34. The van der Waals surface area contributed by atoms with Gasteiger partial charge in [0.25, 0.3) is 0 Å². The van der Waals surface area contributed by atoms with E-state index >= 15 is 0 Å². The molecular weight excluding hydrogens is 358 g/mol. The van der Waals surface area contributed by atoms with Crippen molar-refractivity contribution >= 4 is 17.2 Å². The first kappa shape index (κ1) is 18.6. The fraction of sp³-hybridized carbons (Fsp3) is 0.650. The van der Waals surface area contributed by atoms with Gasteiger partial charge in [0.15, 0.2) is 0 Å². The number of carbonyl (C=O) groups excluding carboxylic acids is 1. The molecule has 27 heavy (non-hydrogen) atoms. The monoisotopic (exact) mass is 387 g/mol. The average molecular weight is 388 g/mol. The topological polar surface area (TPSA) is 54.3 Å². The highest BCUT2D eigenvalue weighted by atomic mass is 32.1. The molecule has 1 unspecified atom stereocenters. The minimum atomic E-state index is 0.316. The Morgan fingerprint density at radius 2 is 2.07 bits per heavy atom. The SMILES string of the molecule is O=C(CCCN1CCCC1)N1CCCC(c2nccn2Cc2cscn2)C1. The lowest BCUT2D eigenvalue weighted by Crippen LogP contribution is -2.40. The first-order chi connectivity index (χ1) is 13.3. The highest BCUT2D eigenvalue weighted by Gasteiger charge is 2.27. The summed E-state index contributed by atoms with van der Waals surface area (Å²) in [6, 6.07) is 0. The number of piperidine rings is 1. The number of hydrogen-bond acceptors (Lipinski definition) is 5. The maximum atomic E-state index is 12.7. The van der Waals surface area contributed by atoms with Gasteiger partial charge in [-0.2, -0.15) is 0 Å². The van der Waals surface area contributed by atoms with E-state index in [2.05, 4.69) is 29.7 Å². The third-order valence-corrected chi connectivity index (χ3v) is 6.40. The number of rotatable bonds is 7. The molecule has 6 nitrogen and oxygen atoms in total. The summed E-state index contributed by atoms with van der Waals surface area (Å²) < 4.78 is 2.20. The Kier molecular flexibility index (Phi) is 6.19. The van der Waals surface area contributed by atoms with Gasteiger partial charge in [-0.15, -0.1) is 11.3 Å². The molecule has 2 aliphatic heterocycles. The van der Waals surface area contributed by atoms with Crippen molar-refractivity contribution in [2.45, 2.75) is 51.0 Å². The second kappa shape index (κ2) is 8.97. The smallest absolute Gasteiger partial charge is 0.222 e. The summed E-state index contributed by atoms with van der Waals surface area (Å²) in [6.07, 6.45) is 10.4. The summed E-state index contributed by atoms with van der Waals surface area (Å²) in [7, 11) is 0. The van der Waals surface area contributed by atoms with Crippen molar-refractivity contribution < 1.29 is 4.79 Å². The summed E-state index contributed by atoms with van der Waals surface area (Å²) in [5, 5.41) is 2.08. The average Bonchev–Trinajstić information content (AvgIpc) is 3.45. The zero-order valence-electron chi connectivity index (χ0n) is 15.9. The second-order valence-electron chi connectivity index (χ2n) is 7.72. The van der Waals surface area contributed by atoms with Crippen molar-refractivity contribution in [2.24, 2.45) is 0 Å². The van der Waals surface area contributed by atoms with E-state index in [9.17, 15) is 4.79 Å². The van der Waals surface area contributed by atoms with Gasteiger partial charge in [-0.1, -0.05) is 0 Å². The number of imidazole rings is 1. The van der Waals surface area contributed by atoms with E-state index in [1.54, 1.807) is 11.3 Å². The molecule has 0 aromatic carbocycles. The van der Waals surface area contributed by atoms with Crippen molar-refractivity contribution in [3.05, 3.63) is 34.8 Å². The summed E-state index contributed by atoms with van der Waals surface area (Å²) in [5.41, 5.74) is 2.94. The van der Waals surface area contributed by atoms with Crippen LogP contribution in [0.4, 0.5) is 0 Å². The number of amides is 1. The predicted octanol–water partition coefficient (Wildman–Crippen LogP) is 2.97. The number of hydrogen-bond donors (Lipinski definition) is 0. The van der Waals surface area contributed by atoms with Crippen LogP contribution in [-0.2, 0) is 11.3 Å². The van der Waals surface area contributed by atoms with Gasteiger partial charge in [0.2, 0.25) is 5.91 Å². The molecule has 2 aliphatic rings. The normalized spacial score (nSPS) is 21.0. The molecule has 2 aromatic heterocycles. The van der Waals surface area contributed by atoms with Crippen molar-refractivity contribution in [2.75, 3.05) is 32.7 Å². The largest absolute Gasteiger partial charge is 0.342 e. The van der Waals surface area contributed by atoms with Gasteiger partial charge in [0, 0.05) is 43.2 Å². The van der Waals surface area contributed by atoms with Crippen molar-refractivity contribution in [3.8, 4) is 0 Å². The number of likely N-dealkylation sites (tertiary alicyclic amines) is 2. The van der Waals surface area contributed by atoms with Crippen molar-refractivity contribution in [1.29, 1.82) is 0 Å². The number of thiazole rings is 1. The summed E-state index contributed by atoms with van der Waals surface area (Å²) in [6.45, 7) is 5.95. The third kappa shape index (κ3) is 4.76. The molecule has 4 heterocycles. The molecule has 146 valence electrons. The van der Waals surface area contributed by atoms with E-state index in [-0.39, 0.29) is 0 Å². The molecule has 0 radical (unpaired) electrons. The highest BCUT2D eigenvalue weighted by Crippen LogP contribution is 2.27. The van der Waals surface area contributed by atoms with E-state index < -0.39 is 0 Å². The Balaban J connectivity index is 1.31. The maximum Gasteiger partial charge on any atom is 0.222 e. The Hall–Kier alpha value is -1.73. The Labute approximate surface area is 165 Å². The van der Waals surface area contributed by atoms with E-state index in [4.69, 9.17) is 0 Å². The summed E-state index contributed by atoms with van der Waals surface area (Å²) in [5.74, 6) is 1.74. The van der Waals surface area contributed by atoms with Crippen LogP contribution in [0.5, 0.6) is 0 Å². The van der Waals surface area contributed by atoms with Crippen molar-refractivity contribution in [3.63, 3.8) is 0 Å².